The first kappa shape index (κ1) is 7.38. The van der Waals surface area contributed by atoms with Crippen LogP contribution in [0.15, 0.2) is 36.5 Å². The minimum absolute atomic E-state index is 0.300. The van der Waals surface area contributed by atoms with Crippen LogP contribution in [0.2, 0.25) is 0 Å². The third kappa shape index (κ3) is 0.836. The zero-order chi connectivity index (χ0) is 9.54. The van der Waals surface area contributed by atoms with E-state index in [-0.39, 0.29) is 0 Å². The molecule has 0 saturated carbocycles. The van der Waals surface area contributed by atoms with Crippen molar-refractivity contribution >= 4 is 21.7 Å². The predicted molar refractivity (Wildman–Crippen MR) is 55.3 cm³/mol. The van der Waals surface area contributed by atoms with Gasteiger partial charge in [0.1, 0.15) is 5.75 Å². The summed E-state index contributed by atoms with van der Waals surface area (Å²) < 4.78 is 0. The molecule has 1 heterocycles. The summed E-state index contributed by atoms with van der Waals surface area (Å²) in [4.78, 5) is 0. The molecule has 3 aromatic rings. The van der Waals surface area contributed by atoms with Crippen LogP contribution >= 0.6 is 0 Å². The van der Waals surface area contributed by atoms with E-state index in [0.29, 0.717) is 5.75 Å². The highest BCUT2D eigenvalue weighted by Gasteiger charge is 2.05. The fourth-order valence-corrected chi connectivity index (χ4v) is 1.77. The van der Waals surface area contributed by atoms with E-state index in [1.807, 2.05) is 24.3 Å². The zero-order valence-corrected chi connectivity index (χ0v) is 7.36. The Morgan fingerprint density at radius 1 is 1.14 bits per heavy atom. The lowest BCUT2D eigenvalue weighted by atomic mass is 10.1. The van der Waals surface area contributed by atoms with Gasteiger partial charge in [0.15, 0.2) is 0 Å². The third-order valence-electron chi connectivity index (χ3n) is 2.43. The zero-order valence-electron chi connectivity index (χ0n) is 7.36. The molecular formula is C11H8N2O. The number of fused-ring (bicyclic) bond motifs is 3. The van der Waals surface area contributed by atoms with Crippen LogP contribution in [-0.2, 0) is 0 Å². The molecule has 0 fully saturated rings. The molecule has 2 N–H and O–H groups in total. The van der Waals surface area contributed by atoms with Gasteiger partial charge in [-0.3, -0.25) is 5.10 Å². The highest BCUT2D eigenvalue weighted by molar-refractivity contribution is 6.07. The topological polar surface area (TPSA) is 48.9 Å². The van der Waals surface area contributed by atoms with Gasteiger partial charge in [-0.15, -0.1) is 0 Å². The second-order valence-electron chi connectivity index (χ2n) is 3.28. The van der Waals surface area contributed by atoms with Gasteiger partial charge in [-0.1, -0.05) is 24.3 Å². The molecular weight excluding hydrogens is 176 g/mol. The van der Waals surface area contributed by atoms with E-state index < -0.39 is 0 Å². The fourth-order valence-electron chi connectivity index (χ4n) is 1.77. The molecule has 0 aliphatic heterocycles. The van der Waals surface area contributed by atoms with Gasteiger partial charge in [0.25, 0.3) is 0 Å². The normalized spacial score (nSPS) is 11.1. The largest absolute Gasteiger partial charge is 0.507 e. The molecule has 0 spiro atoms. The highest BCUT2D eigenvalue weighted by atomic mass is 16.3. The van der Waals surface area contributed by atoms with Crippen molar-refractivity contribution < 1.29 is 5.11 Å². The monoisotopic (exact) mass is 184 g/mol. The quantitative estimate of drug-likeness (QED) is 0.563. The van der Waals surface area contributed by atoms with Crippen molar-refractivity contribution in [1.82, 2.24) is 10.2 Å². The average Bonchev–Trinajstić information content (AvgIpc) is 2.66. The van der Waals surface area contributed by atoms with Crippen LogP contribution in [0.5, 0.6) is 5.75 Å². The number of aromatic nitrogens is 2. The van der Waals surface area contributed by atoms with Gasteiger partial charge in [-0.05, 0) is 6.07 Å². The number of rotatable bonds is 0. The van der Waals surface area contributed by atoms with Crippen LogP contribution in [0.1, 0.15) is 0 Å². The standard InChI is InChI=1S/C11H8N2O/c14-10-5-7-6-12-13-11(7)9-4-2-1-3-8(9)10/h1-6,14H,(H,12,13). The molecule has 0 aliphatic carbocycles. The van der Waals surface area contributed by atoms with Crippen LogP contribution < -0.4 is 0 Å². The first-order valence-corrected chi connectivity index (χ1v) is 4.40. The number of phenols is 1. The van der Waals surface area contributed by atoms with Gasteiger partial charge in [0.2, 0.25) is 0 Å². The van der Waals surface area contributed by atoms with E-state index in [0.717, 1.165) is 21.7 Å². The first-order valence-electron chi connectivity index (χ1n) is 4.40. The third-order valence-corrected chi connectivity index (χ3v) is 2.43. The summed E-state index contributed by atoms with van der Waals surface area (Å²) in [5, 5.41) is 19.4. The number of hydrogen-bond acceptors (Lipinski definition) is 2. The number of aromatic hydroxyl groups is 1. The number of phenolic OH excluding ortho intramolecular Hbond substituents is 1. The number of hydrogen-bond donors (Lipinski definition) is 2. The minimum atomic E-state index is 0.300. The molecule has 1 aromatic heterocycles. The van der Waals surface area contributed by atoms with E-state index in [1.165, 1.54) is 0 Å². The lowest BCUT2D eigenvalue weighted by molar-refractivity contribution is 0.482. The summed E-state index contributed by atoms with van der Waals surface area (Å²) in [5.74, 6) is 0.300. The lowest BCUT2D eigenvalue weighted by Gasteiger charge is -2.01. The Kier molecular flexibility index (Phi) is 1.31. The van der Waals surface area contributed by atoms with Gasteiger partial charge in [0.05, 0.1) is 11.7 Å². The summed E-state index contributed by atoms with van der Waals surface area (Å²) in [6.45, 7) is 0. The van der Waals surface area contributed by atoms with Gasteiger partial charge < -0.3 is 5.11 Å². The van der Waals surface area contributed by atoms with Gasteiger partial charge in [-0.2, -0.15) is 5.10 Å². The molecule has 0 bridgehead atoms. The Morgan fingerprint density at radius 3 is 2.79 bits per heavy atom. The van der Waals surface area contributed by atoms with Crippen LogP contribution in [0.25, 0.3) is 21.7 Å². The Bertz CT molecular complexity index is 613. The number of H-pyrrole nitrogens is 1. The smallest absolute Gasteiger partial charge is 0.124 e. The Hall–Kier alpha value is -2.03. The number of nitrogens with zero attached hydrogens (tertiary/aromatic N) is 1. The van der Waals surface area contributed by atoms with Gasteiger partial charge in [-0.25, -0.2) is 0 Å². The molecule has 3 nitrogen and oxygen atoms in total. The summed E-state index contributed by atoms with van der Waals surface area (Å²) in [6.07, 6.45) is 1.71. The summed E-state index contributed by atoms with van der Waals surface area (Å²) in [6, 6.07) is 9.44. The van der Waals surface area contributed by atoms with E-state index in [1.54, 1.807) is 12.3 Å². The summed E-state index contributed by atoms with van der Waals surface area (Å²) in [5.41, 5.74) is 0.971. The first-order chi connectivity index (χ1) is 6.86. The van der Waals surface area contributed by atoms with E-state index in [9.17, 15) is 5.11 Å². The van der Waals surface area contributed by atoms with Gasteiger partial charge >= 0.3 is 0 Å². The predicted octanol–water partition coefficient (Wildman–Crippen LogP) is 2.42. The maximum atomic E-state index is 9.75. The Labute approximate surface area is 80.0 Å². The van der Waals surface area contributed by atoms with E-state index in [4.69, 9.17) is 0 Å². The van der Waals surface area contributed by atoms with E-state index in [2.05, 4.69) is 10.2 Å². The molecule has 2 aromatic carbocycles. The van der Waals surface area contributed by atoms with Crippen LogP contribution in [0.3, 0.4) is 0 Å². The fraction of sp³-hybridized carbons (Fsp3) is 0. The van der Waals surface area contributed by atoms with Crippen molar-refractivity contribution in [2.24, 2.45) is 0 Å². The number of benzene rings is 2. The summed E-state index contributed by atoms with van der Waals surface area (Å²) in [7, 11) is 0. The van der Waals surface area contributed by atoms with Crippen LogP contribution in [-0.4, -0.2) is 15.3 Å². The molecule has 0 unspecified atom stereocenters. The van der Waals surface area contributed by atoms with Crippen molar-refractivity contribution in [2.45, 2.75) is 0 Å². The summed E-state index contributed by atoms with van der Waals surface area (Å²) >= 11 is 0. The molecule has 0 amide bonds. The van der Waals surface area contributed by atoms with Crippen LogP contribution in [0, 0.1) is 0 Å². The Balaban J connectivity index is 2.67. The molecule has 3 heteroatoms. The Morgan fingerprint density at radius 2 is 1.93 bits per heavy atom. The molecule has 0 saturated heterocycles. The van der Waals surface area contributed by atoms with Crippen molar-refractivity contribution in [3.63, 3.8) is 0 Å². The average molecular weight is 184 g/mol. The number of nitrogens with one attached hydrogen (secondary N) is 1. The lowest BCUT2D eigenvalue weighted by Crippen LogP contribution is -1.76. The van der Waals surface area contributed by atoms with Crippen LogP contribution in [0.4, 0.5) is 0 Å². The van der Waals surface area contributed by atoms with Gasteiger partial charge in [0, 0.05) is 16.2 Å². The van der Waals surface area contributed by atoms with Crippen molar-refractivity contribution in [2.75, 3.05) is 0 Å². The second kappa shape index (κ2) is 2.48. The second-order valence-corrected chi connectivity index (χ2v) is 3.28. The maximum Gasteiger partial charge on any atom is 0.124 e. The SMILES string of the molecule is Oc1cc2cn[nH]c2c2ccccc12. The maximum absolute atomic E-state index is 9.75. The molecule has 0 atom stereocenters. The molecule has 0 aliphatic rings. The minimum Gasteiger partial charge on any atom is -0.507 e. The molecule has 14 heavy (non-hydrogen) atoms. The highest BCUT2D eigenvalue weighted by Crippen LogP contribution is 2.30. The molecule has 0 radical (unpaired) electrons. The molecule has 68 valence electrons. The number of aromatic amines is 1. The van der Waals surface area contributed by atoms with Crippen molar-refractivity contribution in [3.05, 3.63) is 36.5 Å². The molecule has 3 rings (SSSR count). The van der Waals surface area contributed by atoms with Crippen molar-refractivity contribution in [1.29, 1.82) is 0 Å². The van der Waals surface area contributed by atoms with Crippen molar-refractivity contribution in [3.8, 4) is 5.75 Å². The van der Waals surface area contributed by atoms with E-state index >= 15 is 0 Å².